The maximum absolute atomic E-state index is 12.7. The normalized spacial score (nSPS) is 21.6. The number of rotatable bonds is 31. The van der Waals surface area contributed by atoms with Crippen LogP contribution in [0.2, 0.25) is 0 Å². The molecule has 1 heterocycles. The number of aliphatic hydroxyl groups excluding tert-OH is 3. The number of esters is 2. The van der Waals surface area contributed by atoms with Gasteiger partial charge in [0.25, 0.3) is 10.1 Å². The second-order valence-electron chi connectivity index (χ2n) is 13.5. The lowest BCUT2D eigenvalue weighted by Crippen LogP contribution is -2.60. The quantitative estimate of drug-likeness (QED) is 0.0237. The van der Waals surface area contributed by atoms with Gasteiger partial charge in [-0.25, -0.2) is 0 Å². The van der Waals surface area contributed by atoms with Crippen molar-refractivity contribution in [2.75, 3.05) is 19.0 Å². The van der Waals surface area contributed by atoms with Crippen LogP contribution in [-0.2, 0) is 38.7 Å². The molecule has 0 bridgehead atoms. The molecule has 0 aromatic carbocycles. The molecule has 0 spiro atoms. The highest BCUT2D eigenvalue weighted by Crippen LogP contribution is 2.23. The third-order valence-corrected chi connectivity index (χ3v) is 9.23. The lowest BCUT2D eigenvalue weighted by atomic mass is 10.00. The molecule has 12 nitrogen and oxygen atoms in total. The Balaban J connectivity index is 2.57. The van der Waals surface area contributed by atoms with E-state index in [9.17, 15) is 37.9 Å². The summed E-state index contributed by atoms with van der Waals surface area (Å²) in [7, 11) is -4.61. The molecule has 1 aliphatic heterocycles. The van der Waals surface area contributed by atoms with Gasteiger partial charge in [0.05, 0.1) is 6.61 Å². The Hall–Kier alpha value is -3.17. The van der Waals surface area contributed by atoms with E-state index in [1.54, 1.807) is 0 Å². The number of hydrogen-bond acceptors (Lipinski definition) is 11. The fourth-order valence-corrected chi connectivity index (χ4v) is 6.10. The fraction of sp³-hybridized carbons (Fsp3) is 0.628. The number of aliphatic hydroxyl groups is 3. The molecule has 6 atom stereocenters. The maximum atomic E-state index is 12.7. The van der Waals surface area contributed by atoms with E-state index in [-0.39, 0.29) is 19.4 Å². The zero-order valence-corrected chi connectivity index (χ0v) is 34.3. The zero-order valence-electron chi connectivity index (χ0n) is 33.4. The average molecular weight is 809 g/mol. The number of carbonyl (C=O) groups excluding carboxylic acids is 2. The molecular weight excluding hydrogens is 741 g/mol. The first-order valence-electron chi connectivity index (χ1n) is 20.1. The Labute approximate surface area is 335 Å². The van der Waals surface area contributed by atoms with Crippen LogP contribution in [0.25, 0.3) is 0 Å². The first-order valence-corrected chi connectivity index (χ1v) is 21.8. The summed E-state index contributed by atoms with van der Waals surface area (Å²) in [6.45, 7) is 3.42. The lowest BCUT2D eigenvalue weighted by molar-refractivity contribution is -0.297. The molecule has 0 radical (unpaired) electrons. The topological polar surface area (TPSA) is 186 Å². The smallest absolute Gasteiger partial charge is 0.306 e. The fourth-order valence-electron chi connectivity index (χ4n) is 5.41. The van der Waals surface area contributed by atoms with E-state index in [1.807, 2.05) is 18.2 Å². The van der Waals surface area contributed by atoms with Gasteiger partial charge in [0, 0.05) is 12.8 Å². The van der Waals surface area contributed by atoms with Gasteiger partial charge in [-0.05, 0) is 70.6 Å². The number of unbranched alkanes of at least 4 members (excludes halogenated alkanes) is 5. The van der Waals surface area contributed by atoms with Gasteiger partial charge in [-0.1, -0.05) is 118 Å². The summed E-state index contributed by atoms with van der Waals surface area (Å²) in [4.78, 5) is 25.3. The first-order chi connectivity index (χ1) is 27.0. The van der Waals surface area contributed by atoms with Crippen molar-refractivity contribution >= 4 is 22.1 Å². The van der Waals surface area contributed by atoms with E-state index in [0.717, 1.165) is 70.6 Å². The minimum Gasteiger partial charge on any atom is -0.462 e. The molecule has 0 aliphatic carbocycles. The van der Waals surface area contributed by atoms with Crippen LogP contribution in [0.1, 0.15) is 117 Å². The molecule has 1 rings (SSSR count). The van der Waals surface area contributed by atoms with Crippen molar-refractivity contribution in [1.29, 1.82) is 0 Å². The van der Waals surface area contributed by atoms with Crippen molar-refractivity contribution in [2.45, 2.75) is 153 Å². The van der Waals surface area contributed by atoms with Gasteiger partial charge in [0.15, 0.2) is 12.4 Å². The third kappa shape index (κ3) is 27.4. The van der Waals surface area contributed by atoms with Crippen molar-refractivity contribution in [3.63, 3.8) is 0 Å². The largest absolute Gasteiger partial charge is 0.462 e. The van der Waals surface area contributed by atoms with E-state index < -0.39 is 71.2 Å². The maximum Gasteiger partial charge on any atom is 0.306 e. The molecule has 13 heteroatoms. The van der Waals surface area contributed by atoms with Crippen LogP contribution in [-0.4, -0.2) is 96.0 Å². The SMILES string of the molecule is CC/C=C\C/C=C\C/C=C\C/C=C\CCC(=O)OC(COC(=O)CCCCCCC/C=C\C/C=C\C/C=C\CC)COC1OC(CS(=O)(=O)O)C(O)C(O)C1O. The minimum atomic E-state index is -4.61. The van der Waals surface area contributed by atoms with E-state index in [1.165, 1.54) is 0 Å². The van der Waals surface area contributed by atoms with Crippen LogP contribution in [0.3, 0.4) is 0 Å². The average Bonchev–Trinajstić information content (AvgIpc) is 3.16. The van der Waals surface area contributed by atoms with E-state index in [0.29, 0.717) is 19.3 Å². The highest BCUT2D eigenvalue weighted by atomic mass is 32.2. The van der Waals surface area contributed by atoms with Crippen LogP contribution >= 0.6 is 0 Å². The van der Waals surface area contributed by atoms with E-state index in [2.05, 4.69) is 80.7 Å². The molecule has 56 heavy (non-hydrogen) atoms. The highest BCUT2D eigenvalue weighted by Gasteiger charge is 2.46. The molecular formula is C43H68O12S. The summed E-state index contributed by atoms with van der Waals surface area (Å²) in [6.07, 6.45) is 32.3. The molecule has 6 unspecified atom stereocenters. The van der Waals surface area contributed by atoms with Gasteiger partial charge < -0.3 is 34.3 Å². The van der Waals surface area contributed by atoms with Crippen molar-refractivity contribution in [1.82, 2.24) is 0 Å². The molecule has 0 saturated carbocycles. The first kappa shape index (κ1) is 50.8. The van der Waals surface area contributed by atoms with Gasteiger partial charge in [0.2, 0.25) is 0 Å². The van der Waals surface area contributed by atoms with E-state index in [4.69, 9.17) is 18.9 Å². The van der Waals surface area contributed by atoms with Crippen LogP contribution < -0.4 is 0 Å². The van der Waals surface area contributed by atoms with Gasteiger partial charge in [-0.3, -0.25) is 14.1 Å². The monoisotopic (exact) mass is 808 g/mol. The number of hydrogen-bond donors (Lipinski definition) is 4. The molecule has 0 aromatic heterocycles. The second kappa shape index (κ2) is 32.9. The van der Waals surface area contributed by atoms with Crippen molar-refractivity contribution in [3.05, 3.63) is 85.1 Å². The Morgan fingerprint density at radius 1 is 0.607 bits per heavy atom. The molecule has 1 aliphatic rings. The highest BCUT2D eigenvalue weighted by molar-refractivity contribution is 7.85. The van der Waals surface area contributed by atoms with Gasteiger partial charge >= 0.3 is 11.9 Å². The summed E-state index contributed by atoms with van der Waals surface area (Å²) >= 11 is 0. The van der Waals surface area contributed by atoms with Crippen molar-refractivity contribution in [3.8, 4) is 0 Å². The molecule has 1 saturated heterocycles. The standard InChI is InChI=1S/C43H68O12S/c1-3-5-7-9-11-13-15-17-18-20-21-23-25-27-29-31-38(44)52-33-36(34-53-43-42(48)41(47)40(46)37(55-43)35-56(49,50)51)54-39(45)32-30-28-26-24-22-19-16-14-12-10-8-6-4-2/h5-8,11-14,17-19,22,26,28,36-37,40-43,46-48H,3-4,9-10,15-16,20-21,23-25,27,29-35H2,1-2H3,(H,49,50,51)/b7-5-,8-6-,13-11-,14-12-,18-17-,22-19-,28-26-. The number of carbonyl (C=O) groups is 2. The third-order valence-electron chi connectivity index (χ3n) is 8.48. The summed E-state index contributed by atoms with van der Waals surface area (Å²) < 4.78 is 53.8. The molecule has 0 aromatic rings. The van der Waals surface area contributed by atoms with Crippen LogP contribution in [0.5, 0.6) is 0 Å². The summed E-state index contributed by atoms with van der Waals surface area (Å²) in [6, 6.07) is 0. The Morgan fingerprint density at radius 2 is 1.11 bits per heavy atom. The van der Waals surface area contributed by atoms with Gasteiger partial charge in [0.1, 0.15) is 36.8 Å². The summed E-state index contributed by atoms with van der Waals surface area (Å²) in [5, 5.41) is 30.8. The van der Waals surface area contributed by atoms with Gasteiger partial charge in [-0.2, -0.15) is 8.42 Å². The number of allylic oxidation sites excluding steroid dienone is 14. The zero-order chi connectivity index (χ0) is 41.3. The molecule has 1 fully saturated rings. The second-order valence-corrected chi connectivity index (χ2v) is 15.0. The van der Waals surface area contributed by atoms with Gasteiger partial charge in [-0.15, -0.1) is 0 Å². The Morgan fingerprint density at radius 3 is 1.66 bits per heavy atom. The lowest BCUT2D eigenvalue weighted by Gasteiger charge is -2.40. The van der Waals surface area contributed by atoms with Crippen molar-refractivity contribution < 1.29 is 56.8 Å². The van der Waals surface area contributed by atoms with Crippen molar-refractivity contribution in [2.24, 2.45) is 0 Å². The Bertz CT molecular complexity index is 1360. The minimum absolute atomic E-state index is 0.0341. The predicted molar refractivity (Wildman–Crippen MR) is 219 cm³/mol. The predicted octanol–water partition coefficient (Wildman–Crippen LogP) is 7.33. The van der Waals surface area contributed by atoms with Crippen LogP contribution in [0, 0.1) is 0 Å². The van der Waals surface area contributed by atoms with Crippen LogP contribution in [0.15, 0.2) is 85.1 Å². The number of ether oxygens (including phenoxy) is 4. The van der Waals surface area contributed by atoms with E-state index >= 15 is 0 Å². The molecule has 4 N–H and O–H groups in total. The summed E-state index contributed by atoms with van der Waals surface area (Å²) in [5.74, 6) is -2.13. The summed E-state index contributed by atoms with van der Waals surface area (Å²) in [5.41, 5.74) is 0. The molecule has 0 amide bonds. The Kier molecular flexibility index (Phi) is 29.8. The molecule has 318 valence electrons. The van der Waals surface area contributed by atoms with Crippen LogP contribution in [0.4, 0.5) is 0 Å².